The standard InChI is InChI=1S/C12H15N7/c1-8-4-5-10-15-12(17-19(10)6-8)14-9(2)11-16-13-7-18(11)3/h4-7,9H,1-3H3,(H,14,17). The minimum atomic E-state index is -0.00832. The molecule has 1 atom stereocenters. The van der Waals surface area contributed by atoms with Gasteiger partial charge < -0.3 is 9.88 Å². The Morgan fingerprint density at radius 3 is 2.89 bits per heavy atom. The van der Waals surface area contributed by atoms with Crippen molar-refractivity contribution in [2.45, 2.75) is 19.9 Å². The Balaban J connectivity index is 1.87. The first kappa shape index (κ1) is 11.6. The summed E-state index contributed by atoms with van der Waals surface area (Å²) >= 11 is 0. The summed E-state index contributed by atoms with van der Waals surface area (Å²) in [6.45, 7) is 4.03. The third-order valence-electron chi connectivity index (χ3n) is 2.96. The number of nitrogens with zero attached hydrogens (tertiary/aromatic N) is 6. The molecular weight excluding hydrogens is 242 g/mol. The first-order valence-corrected chi connectivity index (χ1v) is 6.07. The Hall–Kier alpha value is -2.44. The highest BCUT2D eigenvalue weighted by Crippen LogP contribution is 2.15. The maximum absolute atomic E-state index is 4.42. The predicted molar refractivity (Wildman–Crippen MR) is 70.8 cm³/mol. The number of aryl methyl sites for hydroxylation is 2. The summed E-state index contributed by atoms with van der Waals surface area (Å²) in [6.07, 6.45) is 3.62. The Kier molecular flexibility index (Phi) is 2.66. The molecule has 3 rings (SSSR count). The van der Waals surface area contributed by atoms with E-state index >= 15 is 0 Å². The summed E-state index contributed by atoms with van der Waals surface area (Å²) in [5.41, 5.74) is 1.96. The highest BCUT2D eigenvalue weighted by Gasteiger charge is 2.13. The lowest BCUT2D eigenvalue weighted by Crippen LogP contribution is -2.12. The molecule has 0 saturated heterocycles. The van der Waals surface area contributed by atoms with Crippen LogP contribution in [0.3, 0.4) is 0 Å². The molecule has 1 unspecified atom stereocenters. The van der Waals surface area contributed by atoms with Crippen LogP contribution in [0.5, 0.6) is 0 Å². The van der Waals surface area contributed by atoms with Gasteiger partial charge in [-0.2, -0.15) is 4.98 Å². The van der Waals surface area contributed by atoms with Gasteiger partial charge in [0.25, 0.3) is 0 Å². The molecule has 0 radical (unpaired) electrons. The van der Waals surface area contributed by atoms with Gasteiger partial charge in [0.1, 0.15) is 6.33 Å². The van der Waals surface area contributed by atoms with Crippen molar-refractivity contribution in [3.8, 4) is 0 Å². The van der Waals surface area contributed by atoms with Crippen LogP contribution in [0.4, 0.5) is 5.95 Å². The second-order valence-corrected chi connectivity index (χ2v) is 4.61. The second-order valence-electron chi connectivity index (χ2n) is 4.61. The van der Waals surface area contributed by atoms with E-state index in [2.05, 4.69) is 25.6 Å². The van der Waals surface area contributed by atoms with Crippen molar-refractivity contribution in [1.29, 1.82) is 0 Å². The zero-order valence-corrected chi connectivity index (χ0v) is 11.1. The lowest BCUT2D eigenvalue weighted by atomic mass is 10.3. The van der Waals surface area contributed by atoms with Crippen molar-refractivity contribution < 1.29 is 0 Å². The summed E-state index contributed by atoms with van der Waals surface area (Å²) in [6, 6.07) is 3.95. The van der Waals surface area contributed by atoms with Gasteiger partial charge in [-0.1, -0.05) is 6.07 Å². The summed E-state index contributed by atoms with van der Waals surface area (Å²) in [5.74, 6) is 1.43. The molecule has 3 aromatic rings. The summed E-state index contributed by atoms with van der Waals surface area (Å²) in [4.78, 5) is 4.42. The second kappa shape index (κ2) is 4.34. The van der Waals surface area contributed by atoms with Crippen molar-refractivity contribution in [3.05, 3.63) is 36.0 Å². The molecule has 0 amide bonds. The van der Waals surface area contributed by atoms with E-state index in [1.165, 1.54) is 0 Å². The van der Waals surface area contributed by atoms with Gasteiger partial charge in [0.15, 0.2) is 11.5 Å². The van der Waals surface area contributed by atoms with Gasteiger partial charge in [-0.25, -0.2) is 4.52 Å². The highest BCUT2D eigenvalue weighted by molar-refractivity contribution is 5.44. The number of rotatable bonds is 3. The Bertz CT molecular complexity index is 712. The van der Waals surface area contributed by atoms with Crippen LogP contribution in [0.15, 0.2) is 24.7 Å². The van der Waals surface area contributed by atoms with E-state index in [0.29, 0.717) is 5.95 Å². The van der Waals surface area contributed by atoms with Gasteiger partial charge in [0, 0.05) is 13.2 Å². The minimum absolute atomic E-state index is 0.00832. The average Bonchev–Trinajstić information content (AvgIpc) is 2.94. The largest absolute Gasteiger partial charge is 0.343 e. The Labute approximate surface area is 110 Å². The van der Waals surface area contributed by atoms with Crippen LogP contribution in [0.1, 0.15) is 24.4 Å². The molecule has 1 N–H and O–H groups in total. The van der Waals surface area contributed by atoms with Crippen molar-refractivity contribution >= 4 is 11.6 Å². The third-order valence-corrected chi connectivity index (χ3v) is 2.96. The number of hydrogen-bond acceptors (Lipinski definition) is 5. The maximum Gasteiger partial charge on any atom is 0.243 e. The molecule has 3 heterocycles. The zero-order chi connectivity index (χ0) is 13.4. The molecule has 0 fully saturated rings. The molecule has 3 aromatic heterocycles. The predicted octanol–water partition coefficient (Wildman–Crippen LogP) is 1.34. The molecule has 7 nitrogen and oxygen atoms in total. The van der Waals surface area contributed by atoms with Gasteiger partial charge in [0.05, 0.1) is 6.04 Å². The van der Waals surface area contributed by atoms with Gasteiger partial charge in [-0.3, -0.25) is 0 Å². The number of aromatic nitrogens is 6. The number of hydrogen-bond donors (Lipinski definition) is 1. The van der Waals surface area contributed by atoms with E-state index in [0.717, 1.165) is 17.0 Å². The maximum atomic E-state index is 4.42. The number of anilines is 1. The number of fused-ring (bicyclic) bond motifs is 1. The zero-order valence-electron chi connectivity index (χ0n) is 11.1. The van der Waals surface area contributed by atoms with E-state index in [-0.39, 0.29) is 6.04 Å². The van der Waals surface area contributed by atoms with Crippen LogP contribution >= 0.6 is 0 Å². The monoisotopic (exact) mass is 257 g/mol. The third kappa shape index (κ3) is 2.14. The van der Waals surface area contributed by atoms with Crippen molar-refractivity contribution in [1.82, 2.24) is 29.4 Å². The Morgan fingerprint density at radius 1 is 1.32 bits per heavy atom. The molecule has 98 valence electrons. The van der Waals surface area contributed by atoms with Crippen molar-refractivity contribution in [2.24, 2.45) is 7.05 Å². The Morgan fingerprint density at radius 2 is 2.16 bits per heavy atom. The van der Waals surface area contributed by atoms with Crippen molar-refractivity contribution in [3.63, 3.8) is 0 Å². The molecule has 0 aliphatic carbocycles. The van der Waals surface area contributed by atoms with Crippen LogP contribution in [0.25, 0.3) is 5.65 Å². The van der Waals surface area contributed by atoms with E-state index in [4.69, 9.17) is 0 Å². The molecular formula is C12H15N7. The van der Waals surface area contributed by atoms with Gasteiger partial charge in [0.2, 0.25) is 5.95 Å². The van der Waals surface area contributed by atoms with E-state index in [9.17, 15) is 0 Å². The lowest BCUT2D eigenvalue weighted by molar-refractivity contribution is 0.712. The summed E-state index contributed by atoms with van der Waals surface area (Å²) in [5, 5.41) is 15.6. The molecule has 19 heavy (non-hydrogen) atoms. The number of pyridine rings is 1. The average molecular weight is 257 g/mol. The fourth-order valence-corrected chi connectivity index (χ4v) is 1.99. The molecule has 0 saturated carbocycles. The van der Waals surface area contributed by atoms with Crippen LogP contribution < -0.4 is 5.32 Å². The topological polar surface area (TPSA) is 72.9 Å². The van der Waals surface area contributed by atoms with E-state index in [1.54, 1.807) is 10.8 Å². The smallest absolute Gasteiger partial charge is 0.243 e. The highest BCUT2D eigenvalue weighted by atomic mass is 15.4. The van der Waals surface area contributed by atoms with Crippen LogP contribution in [-0.2, 0) is 7.05 Å². The van der Waals surface area contributed by atoms with Gasteiger partial charge in [-0.15, -0.1) is 15.3 Å². The molecule has 0 aliphatic heterocycles. The summed E-state index contributed by atoms with van der Waals surface area (Å²) in [7, 11) is 1.91. The quantitative estimate of drug-likeness (QED) is 0.766. The molecule has 0 aliphatic rings. The fourth-order valence-electron chi connectivity index (χ4n) is 1.99. The van der Waals surface area contributed by atoms with Crippen LogP contribution in [-0.4, -0.2) is 29.4 Å². The SMILES string of the molecule is Cc1ccc2nc(NC(C)c3nncn3C)nn2c1. The van der Waals surface area contributed by atoms with Crippen LogP contribution in [0.2, 0.25) is 0 Å². The van der Waals surface area contributed by atoms with Gasteiger partial charge in [-0.05, 0) is 25.5 Å². The molecule has 0 aromatic carbocycles. The van der Waals surface area contributed by atoms with Gasteiger partial charge >= 0.3 is 0 Å². The molecule has 7 heteroatoms. The first-order valence-electron chi connectivity index (χ1n) is 6.07. The first-order chi connectivity index (χ1) is 9.13. The van der Waals surface area contributed by atoms with Crippen molar-refractivity contribution in [2.75, 3.05) is 5.32 Å². The fraction of sp³-hybridized carbons (Fsp3) is 0.333. The van der Waals surface area contributed by atoms with Crippen LogP contribution in [0, 0.1) is 6.92 Å². The van der Waals surface area contributed by atoms with E-state index < -0.39 is 0 Å². The number of nitrogens with one attached hydrogen (secondary N) is 1. The summed E-state index contributed by atoms with van der Waals surface area (Å²) < 4.78 is 3.64. The van der Waals surface area contributed by atoms with E-state index in [1.807, 2.05) is 43.8 Å². The molecule has 0 bridgehead atoms. The lowest BCUT2D eigenvalue weighted by Gasteiger charge is -2.10. The molecule has 0 spiro atoms. The minimum Gasteiger partial charge on any atom is -0.343 e. The normalized spacial score (nSPS) is 12.8.